The Morgan fingerprint density at radius 1 is 1.44 bits per heavy atom. The van der Waals surface area contributed by atoms with E-state index in [2.05, 4.69) is 61.8 Å². The normalized spacial score (nSPS) is 21.1. The fraction of sp³-hybridized carbons (Fsp3) is 0.571. The minimum absolute atomic E-state index is 0.698. The highest BCUT2D eigenvalue weighted by atomic mass is 32.2. The minimum atomic E-state index is 0.698. The van der Waals surface area contributed by atoms with Crippen molar-refractivity contribution in [1.82, 2.24) is 4.90 Å². The number of rotatable bonds is 4. The Morgan fingerprint density at radius 2 is 2.19 bits per heavy atom. The van der Waals surface area contributed by atoms with E-state index in [0.717, 1.165) is 5.25 Å². The summed E-state index contributed by atoms with van der Waals surface area (Å²) in [5.74, 6) is 0. The van der Waals surface area contributed by atoms with Crippen LogP contribution in [0.2, 0.25) is 0 Å². The minimum Gasteiger partial charge on any atom is -0.303 e. The molecule has 0 fully saturated rings. The summed E-state index contributed by atoms with van der Waals surface area (Å²) in [5, 5.41) is 0.747. The van der Waals surface area contributed by atoms with E-state index in [0.29, 0.717) is 6.04 Å². The molecule has 1 aliphatic rings. The number of nitrogens with zero attached hydrogens (tertiary/aromatic N) is 1. The molecule has 2 unspecified atom stereocenters. The van der Waals surface area contributed by atoms with Crippen LogP contribution in [-0.2, 0) is 6.42 Å². The SMILES string of the molecule is CCC(C)N(C)CC1Cc2ccccc2S1. The summed E-state index contributed by atoms with van der Waals surface area (Å²) in [5.41, 5.74) is 1.54. The standard InChI is InChI=1S/C14H21NS/c1-4-11(2)15(3)10-13-9-12-7-5-6-8-14(12)16-13/h5-8,11,13H,4,9-10H2,1-3H3. The van der Waals surface area contributed by atoms with Gasteiger partial charge in [-0.1, -0.05) is 25.1 Å². The predicted molar refractivity (Wildman–Crippen MR) is 72.2 cm³/mol. The quantitative estimate of drug-likeness (QED) is 0.786. The van der Waals surface area contributed by atoms with E-state index in [1.807, 2.05) is 0 Å². The van der Waals surface area contributed by atoms with Gasteiger partial charge in [-0.3, -0.25) is 0 Å². The molecule has 0 aromatic heterocycles. The topological polar surface area (TPSA) is 3.24 Å². The fourth-order valence-corrected chi connectivity index (χ4v) is 3.56. The summed E-state index contributed by atoms with van der Waals surface area (Å²) in [6.45, 7) is 5.78. The first-order chi connectivity index (χ1) is 7.70. The molecule has 0 spiro atoms. The van der Waals surface area contributed by atoms with E-state index in [4.69, 9.17) is 0 Å². The van der Waals surface area contributed by atoms with Crippen LogP contribution in [-0.4, -0.2) is 29.8 Å². The van der Waals surface area contributed by atoms with Crippen molar-refractivity contribution in [3.05, 3.63) is 29.8 Å². The Kier molecular flexibility index (Phi) is 3.93. The third-order valence-electron chi connectivity index (χ3n) is 3.55. The largest absolute Gasteiger partial charge is 0.303 e. The van der Waals surface area contributed by atoms with Crippen LogP contribution >= 0.6 is 11.8 Å². The molecule has 1 nitrogen and oxygen atoms in total. The van der Waals surface area contributed by atoms with Crippen LogP contribution in [0.1, 0.15) is 25.8 Å². The number of fused-ring (bicyclic) bond motifs is 1. The van der Waals surface area contributed by atoms with Gasteiger partial charge in [-0.15, -0.1) is 11.8 Å². The van der Waals surface area contributed by atoms with Gasteiger partial charge in [0.05, 0.1) is 0 Å². The molecule has 0 radical (unpaired) electrons. The average Bonchev–Trinajstić information content (AvgIpc) is 2.69. The van der Waals surface area contributed by atoms with Crippen molar-refractivity contribution in [2.75, 3.05) is 13.6 Å². The Balaban J connectivity index is 1.92. The molecule has 0 saturated heterocycles. The second kappa shape index (κ2) is 5.24. The Bertz CT molecular complexity index is 325. The van der Waals surface area contributed by atoms with Crippen LogP contribution in [0.3, 0.4) is 0 Å². The number of thioether (sulfide) groups is 1. The maximum atomic E-state index is 2.49. The van der Waals surface area contributed by atoms with Gasteiger partial charge in [0.2, 0.25) is 0 Å². The van der Waals surface area contributed by atoms with Gasteiger partial charge in [0.1, 0.15) is 0 Å². The van der Waals surface area contributed by atoms with Gasteiger partial charge in [-0.05, 0) is 38.4 Å². The molecule has 1 aromatic carbocycles. The lowest BCUT2D eigenvalue weighted by Crippen LogP contribution is -2.34. The van der Waals surface area contributed by atoms with E-state index in [1.54, 1.807) is 0 Å². The van der Waals surface area contributed by atoms with E-state index in [-0.39, 0.29) is 0 Å². The molecule has 2 rings (SSSR count). The summed E-state index contributed by atoms with van der Waals surface area (Å²) in [4.78, 5) is 3.98. The summed E-state index contributed by atoms with van der Waals surface area (Å²) >= 11 is 2.05. The van der Waals surface area contributed by atoms with Crippen molar-refractivity contribution in [1.29, 1.82) is 0 Å². The van der Waals surface area contributed by atoms with Crippen molar-refractivity contribution in [2.45, 2.75) is 42.9 Å². The van der Waals surface area contributed by atoms with Gasteiger partial charge in [0, 0.05) is 22.7 Å². The molecule has 2 atom stereocenters. The van der Waals surface area contributed by atoms with Crippen molar-refractivity contribution >= 4 is 11.8 Å². The highest BCUT2D eigenvalue weighted by molar-refractivity contribution is 8.00. The van der Waals surface area contributed by atoms with E-state index >= 15 is 0 Å². The van der Waals surface area contributed by atoms with Crippen LogP contribution in [0.5, 0.6) is 0 Å². The van der Waals surface area contributed by atoms with Crippen molar-refractivity contribution in [2.24, 2.45) is 0 Å². The zero-order valence-corrected chi connectivity index (χ0v) is 11.3. The third kappa shape index (κ3) is 2.61. The summed E-state index contributed by atoms with van der Waals surface area (Å²) < 4.78 is 0. The molecule has 88 valence electrons. The van der Waals surface area contributed by atoms with Crippen LogP contribution in [0.4, 0.5) is 0 Å². The summed E-state index contributed by atoms with van der Waals surface area (Å²) in [6.07, 6.45) is 2.47. The summed E-state index contributed by atoms with van der Waals surface area (Å²) in [6, 6.07) is 9.52. The average molecular weight is 235 g/mol. The molecular weight excluding hydrogens is 214 g/mol. The second-order valence-corrected chi connectivity index (χ2v) is 6.09. The zero-order chi connectivity index (χ0) is 11.5. The predicted octanol–water partition coefficient (Wildman–Crippen LogP) is 3.43. The molecule has 0 amide bonds. The summed E-state index contributed by atoms with van der Waals surface area (Å²) in [7, 11) is 2.25. The number of hydrogen-bond acceptors (Lipinski definition) is 2. The lowest BCUT2D eigenvalue weighted by molar-refractivity contribution is 0.253. The maximum Gasteiger partial charge on any atom is 0.0263 e. The van der Waals surface area contributed by atoms with E-state index in [1.165, 1.54) is 29.8 Å². The molecule has 0 saturated carbocycles. The molecule has 1 heterocycles. The molecule has 1 aliphatic heterocycles. The lowest BCUT2D eigenvalue weighted by Gasteiger charge is -2.26. The first-order valence-corrected chi connectivity index (χ1v) is 7.03. The van der Waals surface area contributed by atoms with Crippen molar-refractivity contribution in [3.63, 3.8) is 0 Å². The van der Waals surface area contributed by atoms with E-state index in [9.17, 15) is 0 Å². The van der Waals surface area contributed by atoms with Crippen LogP contribution in [0, 0.1) is 0 Å². The molecule has 16 heavy (non-hydrogen) atoms. The fourth-order valence-electron chi connectivity index (χ4n) is 2.17. The highest BCUT2D eigenvalue weighted by Crippen LogP contribution is 2.37. The van der Waals surface area contributed by atoms with Gasteiger partial charge < -0.3 is 4.90 Å². The van der Waals surface area contributed by atoms with Gasteiger partial charge in [-0.25, -0.2) is 0 Å². The van der Waals surface area contributed by atoms with E-state index < -0.39 is 0 Å². The highest BCUT2D eigenvalue weighted by Gasteiger charge is 2.23. The maximum absolute atomic E-state index is 2.49. The molecule has 1 aromatic rings. The first-order valence-electron chi connectivity index (χ1n) is 6.15. The van der Waals surface area contributed by atoms with Crippen LogP contribution in [0.15, 0.2) is 29.2 Å². The van der Waals surface area contributed by atoms with Crippen molar-refractivity contribution < 1.29 is 0 Å². The third-order valence-corrected chi connectivity index (χ3v) is 4.85. The second-order valence-electron chi connectivity index (χ2n) is 4.75. The number of hydrogen-bond donors (Lipinski definition) is 0. The smallest absolute Gasteiger partial charge is 0.0263 e. The van der Waals surface area contributed by atoms with Crippen LogP contribution < -0.4 is 0 Å². The van der Waals surface area contributed by atoms with Gasteiger partial charge in [0.25, 0.3) is 0 Å². The lowest BCUT2D eigenvalue weighted by atomic mass is 10.1. The van der Waals surface area contributed by atoms with Gasteiger partial charge in [-0.2, -0.15) is 0 Å². The molecule has 0 bridgehead atoms. The van der Waals surface area contributed by atoms with Crippen LogP contribution in [0.25, 0.3) is 0 Å². The first kappa shape index (κ1) is 12.0. The number of benzene rings is 1. The molecule has 2 heteroatoms. The zero-order valence-electron chi connectivity index (χ0n) is 10.4. The van der Waals surface area contributed by atoms with Crippen molar-refractivity contribution in [3.8, 4) is 0 Å². The monoisotopic (exact) mass is 235 g/mol. The van der Waals surface area contributed by atoms with Gasteiger partial charge >= 0.3 is 0 Å². The molecule has 0 N–H and O–H groups in total. The molecule has 0 aliphatic carbocycles. The molecular formula is C14H21NS. The van der Waals surface area contributed by atoms with Gasteiger partial charge in [0.15, 0.2) is 0 Å². The Morgan fingerprint density at radius 3 is 2.88 bits per heavy atom. The Hall–Kier alpha value is -0.470. The Labute approximate surface area is 103 Å².